The second-order valence-corrected chi connectivity index (χ2v) is 10.9. The highest BCUT2D eigenvalue weighted by Gasteiger charge is 2.27. The molecule has 0 unspecified atom stereocenters. The SMILES string of the molecule is CN(C)[C@@H](CNC(=O)c1cc(=O)[nH]c2ccc(S(=O)(=O)N3CCOCC3)cc12)c1cccs1. The Morgan fingerprint density at radius 3 is 2.67 bits per heavy atom. The van der Waals surface area contributed by atoms with Crippen molar-refractivity contribution in [3.05, 3.63) is 62.6 Å². The van der Waals surface area contributed by atoms with Gasteiger partial charge in [0.05, 0.1) is 29.7 Å². The third-order valence-corrected chi connectivity index (χ3v) is 8.49. The van der Waals surface area contributed by atoms with Crippen LogP contribution in [0.3, 0.4) is 0 Å². The Bertz CT molecular complexity index is 1300. The maximum absolute atomic E-state index is 13.1. The van der Waals surface area contributed by atoms with Crippen molar-refractivity contribution < 1.29 is 17.9 Å². The number of rotatable bonds is 7. The van der Waals surface area contributed by atoms with E-state index in [-0.39, 0.29) is 29.6 Å². The summed E-state index contributed by atoms with van der Waals surface area (Å²) in [7, 11) is 0.117. The fraction of sp³-hybridized carbons (Fsp3) is 0.364. The van der Waals surface area contributed by atoms with Crippen LogP contribution >= 0.6 is 11.3 Å². The van der Waals surface area contributed by atoms with Crippen LogP contribution in [0.25, 0.3) is 10.9 Å². The minimum Gasteiger partial charge on any atom is -0.379 e. The molecular formula is C22H26N4O5S2. The van der Waals surface area contributed by atoms with Crippen molar-refractivity contribution in [1.29, 1.82) is 0 Å². The second-order valence-electron chi connectivity index (χ2n) is 7.98. The molecule has 1 aliphatic heterocycles. The van der Waals surface area contributed by atoms with E-state index in [0.29, 0.717) is 30.7 Å². The van der Waals surface area contributed by atoms with Gasteiger partial charge in [-0.05, 0) is 43.7 Å². The third-order valence-electron chi connectivity index (χ3n) is 5.62. The number of amides is 1. The number of hydrogen-bond acceptors (Lipinski definition) is 7. The Balaban J connectivity index is 1.66. The lowest BCUT2D eigenvalue weighted by molar-refractivity contribution is 0.0730. The fourth-order valence-electron chi connectivity index (χ4n) is 3.82. The largest absolute Gasteiger partial charge is 0.379 e. The number of aromatic nitrogens is 1. The molecule has 4 rings (SSSR count). The van der Waals surface area contributed by atoms with Gasteiger partial charge >= 0.3 is 0 Å². The van der Waals surface area contributed by atoms with Crippen molar-refractivity contribution in [3.8, 4) is 0 Å². The standard InChI is InChI=1S/C22H26N4O5S2/c1-25(2)19(20-4-3-11-32-20)14-23-22(28)17-13-21(27)24-18-6-5-15(12-16(17)18)33(29,30)26-7-9-31-10-8-26/h3-6,11-13,19H,7-10,14H2,1-2H3,(H,23,28)(H,24,27)/t19-/m0/s1. The summed E-state index contributed by atoms with van der Waals surface area (Å²) in [4.78, 5) is 31.2. The Labute approximate surface area is 196 Å². The highest BCUT2D eigenvalue weighted by atomic mass is 32.2. The summed E-state index contributed by atoms with van der Waals surface area (Å²) < 4.78 is 32.8. The zero-order valence-corrected chi connectivity index (χ0v) is 20.0. The first kappa shape index (κ1) is 23.6. The van der Waals surface area contributed by atoms with E-state index >= 15 is 0 Å². The molecule has 0 aliphatic carbocycles. The van der Waals surface area contributed by atoms with Gasteiger partial charge in [-0.3, -0.25) is 9.59 Å². The first-order valence-corrected chi connectivity index (χ1v) is 12.8. The van der Waals surface area contributed by atoms with Gasteiger partial charge in [-0.1, -0.05) is 6.07 Å². The van der Waals surface area contributed by atoms with E-state index < -0.39 is 21.5 Å². The van der Waals surface area contributed by atoms with Crippen molar-refractivity contribution in [2.75, 3.05) is 46.9 Å². The van der Waals surface area contributed by atoms with Gasteiger partial charge in [-0.2, -0.15) is 4.31 Å². The van der Waals surface area contributed by atoms with Crippen molar-refractivity contribution in [2.45, 2.75) is 10.9 Å². The number of nitrogens with zero attached hydrogens (tertiary/aromatic N) is 2. The first-order valence-electron chi connectivity index (χ1n) is 10.5. The number of ether oxygens (including phenoxy) is 1. The zero-order valence-electron chi connectivity index (χ0n) is 18.4. The maximum Gasteiger partial charge on any atom is 0.252 e. The molecule has 0 bridgehead atoms. The van der Waals surface area contributed by atoms with Crippen LogP contribution in [0.4, 0.5) is 0 Å². The highest BCUT2D eigenvalue weighted by molar-refractivity contribution is 7.89. The number of pyridine rings is 1. The van der Waals surface area contributed by atoms with Crippen molar-refractivity contribution in [2.24, 2.45) is 0 Å². The number of aromatic amines is 1. The molecule has 1 aromatic carbocycles. The van der Waals surface area contributed by atoms with Crippen LogP contribution in [0.1, 0.15) is 21.3 Å². The van der Waals surface area contributed by atoms with Gasteiger partial charge in [-0.25, -0.2) is 8.42 Å². The lowest BCUT2D eigenvalue weighted by atomic mass is 10.1. The number of nitrogens with one attached hydrogen (secondary N) is 2. The molecule has 1 fully saturated rings. The van der Waals surface area contributed by atoms with E-state index in [2.05, 4.69) is 10.3 Å². The minimum atomic E-state index is -3.75. The number of likely N-dealkylation sites (N-methyl/N-ethyl adjacent to an activating group) is 1. The Hall–Kier alpha value is -2.57. The zero-order chi connectivity index (χ0) is 23.6. The molecule has 0 spiro atoms. The lowest BCUT2D eigenvalue weighted by Crippen LogP contribution is -2.40. The molecule has 1 aliphatic rings. The number of H-pyrrole nitrogens is 1. The smallest absolute Gasteiger partial charge is 0.252 e. The molecule has 0 radical (unpaired) electrons. The molecular weight excluding hydrogens is 464 g/mol. The van der Waals surface area contributed by atoms with E-state index in [1.54, 1.807) is 11.3 Å². The maximum atomic E-state index is 13.1. The molecule has 1 atom stereocenters. The van der Waals surface area contributed by atoms with Gasteiger partial charge in [0.1, 0.15) is 0 Å². The summed E-state index contributed by atoms with van der Waals surface area (Å²) in [5.41, 5.74) is 0.103. The molecule has 3 heterocycles. The fourth-order valence-corrected chi connectivity index (χ4v) is 6.18. The van der Waals surface area contributed by atoms with Crippen molar-refractivity contribution in [3.63, 3.8) is 0 Å². The molecule has 0 saturated carbocycles. The number of thiophene rings is 1. The predicted molar refractivity (Wildman–Crippen MR) is 127 cm³/mol. The van der Waals surface area contributed by atoms with E-state index in [0.717, 1.165) is 4.88 Å². The number of hydrogen-bond donors (Lipinski definition) is 2. The van der Waals surface area contributed by atoms with Crippen LogP contribution in [0.5, 0.6) is 0 Å². The monoisotopic (exact) mass is 490 g/mol. The summed E-state index contributed by atoms with van der Waals surface area (Å²) in [6, 6.07) is 9.57. The van der Waals surface area contributed by atoms with Crippen LogP contribution < -0.4 is 10.9 Å². The van der Waals surface area contributed by atoms with Crippen LogP contribution in [0.2, 0.25) is 0 Å². The number of fused-ring (bicyclic) bond motifs is 1. The predicted octanol–water partition coefficient (Wildman–Crippen LogP) is 1.64. The van der Waals surface area contributed by atoms with E-state index in [1.807, 2.05) is 36.5 Å². The third kappa shape index (κ3) is 5.02. The number of benzene rings is 1. The molecule has 176 valence electrons. The van der Waals surface area contributed by atoms with Gasteiger partial charge in [0.2, 0.25) is 15.6 Å². The average Bonchev–Trinajstić information content (AvgIpc) is 3.33. The van der Waals surface area contributed by atoms with Gasteiger partial charge in [0.25, 0.3) is 5.91 Å². The molecule has 1 saturated heterocycles. The summed E-state index contributed by atoms with van der Waals surface area (Å²) in [6.45, 7) is 1.56. The van der Waals surface area contributed by atoms with E-state index in [9.17, 15) is 18.0 Å². The number of carbonyl (C=O) groups excluding carboxylic acids is 1. The molecule has 11 heteroatoms. The van der Waals surface area contributed by atoms with Crippen LogP contribution in [-0.2, 0) is 14.8 Å². The molecule has 33 heavy (non-hydrogen) atoms. The van der Waals surface area contributed by atoms with E-state index in [4.69, 9.17) is 4.74 Å². The summed E-state index contributed by atoms with van der Waals surface area (Å²) in [6.07, 6.45) is 0. The van der Waals surface area contributed by atoms with Gasteiger partial charge in [0, 0.05) is 41.5 Å². The molecule has 2 aromatic heterocycles. The second kappa shape index (κ2) is 9.74. The van der Waals surface area contributed by atoms with E-state index in [1.165, 1.54) is 28.6 Å². The number of sulfonamides is 1. The first-order chi connectivity index (χ1) is 15.8. The topological polar surface area (TPSA) is 112 Å². The van der Waals surface area contributed by atoms with Crippen LogP contribution in [-0.4, -0.2) is 75.5 Å². The average molecular weight is 491 g/mol. The minimum absolute atomic E-state index is 0.0283. The van der Waals surface area contributed by atoms with Gasteiger partial charge < -0.3 is 19.9 Å². The molecule has 3 aromatic rings. The van der Waals surface area contributed by atoms with Gasteiger partial charge in [-0.15, -0.1) is 11.3 Å². The Morgan fingerprint density at radius 1 is 1.24 bits per heavy atom. The molecule has 2 N–H and O–H groups in total. The normalized spacial score (nSPS) is 16.2. The molecule has 1 amide bonds. The number of carbonyl (C=O) groups is 1. The van der Waals surface area contributed by atoms with Gasteiger partial charge in [0.15, 0.2) is 0 Å². The summed E-state index contributed by atoms with van der Waals surface area (Å²) in [5.74, 6) is -0.435. The quantitative estimate of drug-likeness (QED) is 0.521. The summed E-state index contributed by atoms with van der Waals surface area (Å²) >= 11 is 1.60. The van der Waals surface area contributed by atoms with Crippen LogP contribution in [0, 0.1) is 0 Å². The number of morpholine rings is 1. The highest BCUT2D eigenvalue weighted by Crippen LogP contribution is 2.25. The molecule has 9 nitrogen and oxygen atoms in total. The van der Waals surface area contributed by atoms with Crippen LogP contribution in [0.15, 0.2) is 51.5 Å². The van der Waals surface area contributed by atoms with Crippen molar-refractivity contribution >= 4 is 38.2 Å². The Morgan fingerprint density at radius 2 is 2.00 bits per heavy atom. The lowest BCUT2D eigenvalue weighted by Gasteiger charge is -2.26. The Kier molecular flexibility index (Phi) is 6.96. The summed E-state index contributed by atoms with van der Waals surface area (Å²) in [5, 5.41) is 5.26. The van der Waals surface area contributed by atoms with Crippen molar-refractivity contribution in [1.82, 2.24) is 19.5 Å².